The third-order valence-electron chi connectivity index (χ3n) is 3.74. The van der Waals surface area contributed by atoms with Gasteiger partial charge in [-0.05, 0) is 49.4 Å². The number of hydrogen-bond acceptors (Lipinski definition) is 1. The van der Waals surface area contributed by atoms with E-state index in [1.807, 2.05) is 0 Å². The lowest BCUT2D eigenvalue weighted by Gasteiger charge is -2.18. The molecule has 0 aliphatic carbocycles. The van der Waals surface area contributed by atoms with E-state index in [4.69, 9.17) is 0 Å². The van der Waals surface area contributed by atoms with Crippen molar-refractivity contribution in [3.8, 4) is 0 Å². The number of nitrogens with zero attached hydrogens (tertiary/aromatic N) is 1. The lowest BCUT2D eigenvalue weighted by molar-refractivity contribution is 0.294. The van der Waals surface area contributed by atoms with Crippen molar-refractivity contribution in [2.45, 2.75) is 73.1 Å². The van der Waals surface area contributed by atoms with Gasteiger partial charge in [-0.2, -0.15) is 0 Å². The summed E-state index contributed by atoms with van der Waals surface area (Å²) in [6, 6.07) is 8.97. The van der Waals surface area contributed by atoms with Crippen molar-refractivity contribution in [2.24, 2.45) is 0 Å². The first-order valence-electron chi connectivity index (χ1n) is 9.55. The number of benzene rings is 1. The van der Waals surface area contributed by atoms with Gasteiger partial charge in [0.25, 0.3) is 0 Å². The van der Waals surface area contributed by atoms with Crippen LogP contribution >= 0.6 is 0 Å². The van der Waals surface area contributed by atoms with Gasteiger partial charge < -0.3 is 10.4 Å². The summed E-state index contributed by atoms with van der Waals surface area (Å²) >= 11 is 0. The molecule has 1 aromatic carbocycles. The van der Waals surface area contributed by atoms with E-state index in [2.05, 4.69) is 82.9 Å². The van der Waals surface area contributed by atoms with Crippen LogP contribution in [-0.4, -0.2) is 30.0 Å². The number of hydrogen-bond donors (Lipinski definition) is 0. The Hall–Kier alpha value is -1.12. The van der Waals surface area contributed by atoms with Gasteiger partial charge in [0.2, 0.25) is 0 Å². The van der Waals surface area contributed by atoms with Crippen LogP contribution in [0.25, 0.3) is 0 Å². The Morgan fingerprint density at radius 2 is 1.67 bits per heavy atom. The average molecular weight is 336 g/mol. The fraction of sp³-hybridized carbons (Fsp3) is 0.636. The van der Waals surface area contributed by atoms with Crippen LogP contribution in [-0.2, 0) is 6.42 Å². The quantitative estimate of drug-likeness (QED) is 0.539. The van der Waals surface area contributed by atoms with Crippen molar-refractivity contribution in [1.82, 2.24) is 4.90 Å². The predicted molar refractivity (Wildman–Crippen MR) is 110 cm³/mol. The number of rotatable bonds is 9. The van der Waals surface area contributed by atoms with Crippen molar-refractivity contribution >= 4 is 0 Å². The molecule has 2 nitrogen and oxygen atoms in total. The van der Waals surface area contributed by atoms with Crippen LogP contribution in [0.3, 0.4) is 0 Å². The Bertz CT molecular complexity index is 412. The minimum absolute atomic E-state index is 0. The van der Waals surface area contributed by atoms with Gasteiger partial charge >= 0.3 is 0 Å². The SMILES string of the molecule is CCC.CCCN(CC)CCC=CCc1cccc(C(C)C)c1.O. The summed E-state index contributed by atoms with van der Waals surface area (Å²) in [7, 11) is 0. The molecule has 2 heteroatoms. The first-order valence-corrected chi connectivity index (χ1v) is 9.55. The summed E-state index contributed by atoms with van der Waals surface area (Å²) in [5.41, 5.74) is 2.87. The Kier molecular flexibility index (Phi) is 17.5. The van der Waals surface area contributed by atoms with Gasteiger partial charge in [-0.15, -0.1) is 0 Å². The molecule has 0 amide bonds. The van der Waals surface area contributed by atoms with Gasteiger partial charge in [0, 0.05) is 6.54 Å². The largest absolute Gasteiger partial charge is 0.412 e. The molecule has 140 valence electrons. The lowest BCUT2D eigenvalue weighted by atomic mass is 10.00. The Morgan fingerprint density at radius 3 is 2.21 bits per heavy atom. The highest BCUT2D eigenvalue weighted by atomic mass is 16.0. The molecule has 1 rings (SSSR count). The van der Waals surface area contributed by atoms with E-state index in [1.54, 1.807) is 0 Å². The summed E-state index contributed by atoms with van der Waals surface area (Å²) in [6.07, 6.45) is 9.37. The zero-order chi connectivity index (χ0) is 17.5. The number of allylic oxidation sites excluding steroid dienone is 1. The molecule has 0 aliphatic heterocycles. The van der Waals surface area contributed by atoms with Gasteiger partial charge in [0.05, 0.1) is 0 Å². The highest BCUT2D eigenvalue weighted by Gasteiger charge is 1.99. The molecule has 0 spiro atoms. The smallest absolute Gasteiger partial charge is 0.00158 e. The van der Waals surface area contributed by atoms with E-state index in [-0.39, 0.29) is 5.48 Å². The van der Waals surface area contributed by atoms with E-state index in [0.29, 0.717) is 5.92 Å². The zero-order valence-corrected chi connectivity index (χ0v) is 16.9. The monoisotopic (exact) mass is 335 g/mol. The third kappa shape index (κ3) is 12.3. The second kappa shape index (κ2) is 16.7. The van der Waals surface area contributed by atoms with Crippen molar-refractivity contribution in [1.29, 1.82) is 0 Å². The normalized spacial score (nSPS) is 10.7. The first-order chi connectivity index (χ1) is 11.1. The lowest BCUT2D eigenvalue weighted by Crippen LogP contribution is -2.24. The fourth-order valence-electron chi connectivity index (χ4n) is 2.42. The Morgan fingerprint density at radius 1 is 1.00 bits per heavy atom. The molecule has 0 bridgehead atoms. The molecule has 24 heavy (non-hydrogen) atoms. The van der Waals surface area contributed by atoms with Gasteiger partial charge in [-0.3, -0.25) is 0 Å². The molecule has 1 aromatic rings. The highest BCUT2D eigenvalue weighted by Crippen LogP contribution is 2.16. The van der Waals surface area contributed by atoms with E-state index >= 15 is 0 Å². The molecule has 0 unspecified atom stereocenters. The van der Waals surface area contributed by atoms with Crippen LogP contribution in [0.1, 0.15) is 77.8 Å². The van der Waals surface area contributed by atoms with E-state index in [1.165, 1.54) is 37.1 Å². The van der Waals surface area contributed by atoms with E-state index in [0.717, 1.165) is 19.4 Å². The summed E-state index contributed by atoms with van der Waals surface area (Å²) in [5, 5.41) is 0. The van der Waals surface area contributed by atoms with Crippen molar-refractivity contribution in [3.63, 3.8) is 0 Å². The van der Waals surface area contributed by atoms with Gasteiger partial charge in [-0.1, -0.05) is 84.4 Å². The summed E-state index contributed by atoms with van der Waals surface area (Å²) < 4.78 is 0. The predicted octanol–water partition coefficient (Wildman–Crippen LogP) is 5.62. The topological polar surface area (TPSA) is 34.7 Å². The van der Waals surface area contributed by atoms with Crippen LogP contribution in [0.5, 0.6) is 0 Å². The van der Waals surface area contributed by atoms with E-state index in [9.17, 15) is 0 Å². The molecule has 0 aromatic heterocycles. The molecular formula is C22H41NO. The molecule has 0 saturated heterocycles. The third-order valence-corrected chi connectivity index (χ3v) is 3.74. The van der Waals surface area contributed by atoms with E-state index < -0.39 is 0 Å². The molecule has 0 atom stereocenters. The van der Waals surface area contributed by atoms with Crippen molar-refractivity contribution in [2.75, 3.05) is 19.6 Å². The molecule has 0 radical (unpaired) electrons. The maximum Gasteiger partial charge on any atom is 0.00158 e. The maximum atomic E-state index is 2.52. The fourth-order valence-corrected chi connectivity index (χ4v) is 2.42. The summed E-state index contributed by atoms with van der Waals surface area (Å²) in [5.74, 6) is 0.617. The zero-order valence-electron chi connectivity index (χ0n) is 16.9. The molecule has 0 saturated carbocycles. The molecular weight excluding hydrogens is 294 g/mol. The second-order valence-corrected chi connectivity index (χ2v) is 6.51. The standard InChI is InChI=1S/C19H31N.C3H8.H2O/c1-5-14-20(6-2)15-9-7-8-11-18-12-10-13-19(16-18)17(3)4;1-3-2;/h7-8,10,12-13,16-17H,5-6,9,11,14-15H2,1-4H3;3H2,1-2H3;1H2. The highest BCUT2D eigenvalue weighted by molar-refractivity contribution is 5.27. The van der Waals surface area contributed by atoms with Crippen LogP contribution in [0.4, 0.5) is 0 Å². The summed E-state index contributed by atoms with van der Waals surface area (Å²) in [4.78, 5) is 2.52. The van der Waals surface area contributed by atoms with Crippen LogP contribution in [0.15, 0.2) is 36.4 Å². The van der Waals surface area contributed by atoms with Crippen LogP contribution in [0.2, 0.25) is 0 Å². The molecule has 0 aliphatic rings. The molecule has 0 fully saturated rings. The minimum atomic E-state index is 0. The van der Waals surface area contributed by atoms with Gasteiger partial charge in [0.15, 0.2) is 0 Å². The van der Waals surface area contributed by atoms with Crippen molar-refractivity contribution in [3.05, 3.63) is 47.5 Å². The average Bonchev–Trinajstić information content (AvgIpc) is 2.54. The van der Waals surface area contributed by atoms with Gasteiger partial charge in [0.1, 0.15) is 0 Å². The first kappa shape index (κ1) is 25.1. The summed E-state index contributed by atoms with van der Waals surface area (Å²) in [6.45, 7) is 16.8. The molecule has 0 heterocycles. The Balaban J connectivity index is 0. The minimum Gasteiger partial charge on any atom is -0.412 e. The van der Waals surface area contributed by atoms with Crippen LogP contribution in [0, 0.1) is 0 Å². The second-order valence-electron chi connectivity index (χ2n) is 6.51. The Labute approximate surface area is 151 Å². The molecule has 2 N–H and O–H groups in total. The van der Waals surface area contributed by atoms with Crippen molar-refractivity contribution < 1.29 is 5.48 Å². The van der Waals surface area contributed by atoms with Gasteiger partial charge in [-0.25, -0.2) is 0 Å². The maximum absolute atomic E-state index is 2.52. The van der Waals surface area contributed by atoms with Crippen LogP contribution < -0.4 is 0 Å².